The van der Waals surface area contributed by atoms with Crippen molar-refractivity contribution in [3.8, 4) is 0 Å². The van der Waals surface area contributed by atoms with E-state index in [0.29, 0.717) is 37.2 Å². The first-order valence-electron chi connectivity index (χ1n) is 14.3. The van der Waals surface area contributed by atoms with Gasteiger partial charge >= 0.3 is 5.97 Å². The van der Waals surface area contributed by atoms with Gasteiger partial charge in [-0.1, -0.05) is 60.7 Å². The maximum atomic E-state index is 13.2. The van der Waals surface area contributed by atoms with Crippen LogP contribution in [0, 0.1) is 27.7 Å². The van der Waals surface area contributed by atoms with E-state index in [1.165, 1.54) is 11.1 Å². The Morgan fingerprint density at radius 1 is 0.805 bits per heavy atom. The molecule has 2 aromatic carbocycles. The number of ether oxygens (including phenoxy) is 1. The smallest absolute Gasteiger partial charge is 0.340 e. The van der Waals surface area contributed by atoms with E-state index in [-0.39, 0.29) is 24.0 Å². The highest BCUT2D eigenvalue weighted by molar-refractivity contribution is 5.95. The molecule has 2 aromatic heterocycles. The van der Waals surface area contributed by atoms with Crippen LogP contribution >= 0.6 is 0 Å². The number of aromatic nitrogens is 2. The van der Waals surface area contributed by atoms with Gasteiger partial charge in [0, 0.05) is 61.4 Å². The summed E-state index contributed by atoms with van der Waals surface area (Å²) in [5, 5.41) is 3.13. The van der Waals surface area contributed by atoms with Crippen molar-refractivity contribution in [1.29, 1.82) is 0 Å². The molecule has 3 heterocycles. The molecular weight excluding hydrogens is 512 g/mol. The number of hydrogen-bond acceptors (Lipinski definition) is 4. The molecule has 1 aliphatic rings. The molecule has 2 atom stereocenters. The number of likely N-dealkylation sites (tertiary alicyclic amines) is 1. The Labute approximate surface area is 242 Å². The Bertz CT molecular complexity index is 1520. The van der Waals surface area contributed by atoms with Gasteiger partial charge in [0.15, 0.2) is 0 Å². The number of nitrogens with one attached hydrogen (secondary N) is 1. The first-order valence-corrected chi connectivity index (χ1v) is 14.3. The number of carbonyl (C=O) groups is 2. The van der Waals surface area contributed by atoms with Crippen LogP contribution in [0.25, 0.3) is 0 Å². The summed E-state index contributed by atoms with van der Waals surface area (Å²) in [7, 11) is 2.02. The number of carbonyl (C=O) groups excluding carboxylic acids is 2. The van der Waals surface area contributed by atoms with Crippen molar-refractivity contribution in [2.24, 2.45) is 0 Å². The molecule has 1 aliphatic heterocycles. The molecule has 0 spiro atoms. The minimum Gasteiger partial charge on any atom is -0.457 e. The lowest BCUT2D eigenvalue weighted by atomic mass is 10.1. The third-order valence-electron chi connectivity index (χ3n) is 8.40. The second kappa shape index (κ2) is 12.2. The SMILES string of the molecule is Cc1cc(C(=O)NC[C@@H]2C[C@@H](OC(=O)c3cc(C)n(Cc4ccccc4)c3C)CN2C)c(C)n1Cc1ccccc1. The lowest BCUT2D eigenvalue weighted by Gasteiger charge is -2.19. The van der Waals surface area contributed by atoms with Gasteiger partial charge < -0.3 is 19.2 Å². The van der Waals surface area contributed by atoms with Gasteiger partial charge in [0.05, 0.1) is 11.1 Å². The molecular formula is C34H40N4O3. The van der Waals surface area contributed by atoms with E-state index in [4.69, 9.17) is 4.74 Å². The van der Waals surface area contributed by atoms with Crippen LogP contribution in [0.15, 0.2) is 72.8 Å². The van der Waals surface area contributed by atoms with Crippen LogP contribution in [-0.2, 0) is 17.8 Å². The van der Waals surface area contributed by atoms with Crippen molar-refractivity contribution in [2.75, 3.05) is 20.1 Å². The Hall–Kier alpha value is -4.10. The topological polar surface area (TPSA) is 68.5 Å². The zero-order chi connectivity index (χ0) is 29.1. The molecule has 4 aromatic rings. The molecule has 0 aliphatic carbocycles. The van der Waals surface area contributed by atoms with Crippen LogP contribution in [-0.4, -0.2) is 58.2 Å². The van der Waals surface area contributed by atoms with Crippen LogP contribution in [0.3, 0.4) is 0 Å². The number of esters is 1. The summed E-state index contributed by atoms with van der Waals surface area (Å²) in [4.78, 5) is 28.5. The molecule has 5 rings (SSSR count). The normalized spacial score (nSPS) is 17.1. The number of amides is 1. The summed E-state index contributed by atoms with van der Waals surface area (Å²) < 4.78 is 10.3. The molecule has 1 N–H and O–H groups in total. The van der Waals surface area contributed by atoms with Gasteiger partial charge in [-0.2, -0.15) is 0 Å². The highest BCUT2D eigenvalue weighted by Gasteiger charge is 2.33. The predicted molar refractivity (Wildman–Crippen MR) is 161 cm³/mol. The Morgan fingerprint density at radius 3 is 1.88 bits per heavy atom. The Kier molecular flexibility index (Phi) is 8.45. The summed E-state index contributed by atoms with van der Waals surface area (Å²) >= 11 is 0. The van der Waals surface area contributed by atoms with Gasteiger partial charge in [-0.05, 0) is 58.0 Å². The molecule has 1 amide bonds. The second-order valence-corrected chi connectivity index (χ2v) is 11.3. The zero-order valence-electron chi connectivity index (χ0n) is 24.7. The zero-order valence-corrected chi connectivity index (χ0v) is 24.7. The van der Waals surface area contributed by atoms with Crippen LogP contribution in [0.4, 0.5) is 0 Å². The van der Waals surface area contributed by atoms with Crippen LogP contribution in [0.1, 0.15) is 61.0 Å². The van der Waals surface area contributed by atoms with Gasteiger partial charge in [-0.3, -0.25) is 9.69 Å². The Balaban J connectivity index is 1.17. The Morgan fingerprint density at radius 2 is 1.32 bits per heavy atom. The lowest BCUT2D eigenvalue weighted by Crippen LogP contribution is -2.38. The van der Waals surface area contributed by atoms with E-state index in [1.807, 2.05) is 83.3 Å². The van der Waals surface area contributed by atoms with Gasteiger partial charge in [0.25, 0.3) is 5.91 Å². The molecule has 0 unspecified atom stereocenters. The third-order valence-corrected chi connectivity index (χ3v) is 8.40. The fourth-order valence-electron chi connectivity index (χ4n) is 5.93. The number of aryl methyl sites for hydroxylation is 2. The van der Waals surface area contributed by atoms with Crippen molar-refractivity contribution >= 4 is 11.9 Å². The van der Waals surface area contributed by atoms with Gasteiger partial charge in [-0.15, -0.1) is 0 Å². The highest BCUT2D eigenvalue weighted by atomic mass is 16.5. The van der Waals surface area contributed by atoms with Gasteiger partial charge in [-0.25, -0.2) is 4.79 Å². The molecule has 1 saturated heterocycles. The number of hydrogen-bond donors (Lipinski definition) is 1. The van der Waals surface area contributed by atoms with Gasteiger partial charge in [0.1, 0.15) is 6.10 Å². The largest absolute Gasteiger partial charge is 0.457 e. The number of benzene rings is 2. The quantitative estimate of drug-likeness (QED) is 0.287. The lowest BCUT2D eigenvalue weighted by molar-refractivity contribution is 0.0325. The van der Waals surface area contributed by atoms with Crippen LogP contribution in [0.5, 0.6) is 0 Å². The van der Waals surface area contributed by atoms with E-state index in [2.05, 4.69) is 43.6 Å². The van der Waals surface area contributed by atoms with E-state index in [1.54, 1.807) is 0 Å². The van der Waals surface area contributed by atoms with Crippen molar-refractivity contribution in [2.45, 2.75) is 59.4 Å². The van der Waals surface area contributed by atoms with Crippen LogP contribution < -0.4 is 5.32 Å². The van der Waals surface area contributed by atoms with E-state index >= 15 is 0 Å². The summed E-state index contributed by atoms with van der Waals surface area (Å²) in [5.41, 5.74) is 7.67. The average Bonchev–Trinajstić information content (AvgIpc) is 3.56. The predicted octanol–water partition coefficient (Wildman–Crippen LogP) is 5.28. The molecule has 0 bridgehead atoms. The number of rotatable bonds is 9. The second-order valence-electron chi connectivity index (χ2n) is 11.3. The van der Waals surface area contributed by atoms with E-state index in [0.717, 1.165) is 29.3 Å². The molecule has 7 nitrogen and oxygen atoms in total. The van der Waals surface area contributed by atoms with Crippen molar-refractivity contribution in [3.05, 3.63) is 118 Å². The monoisotopic (exact) mass is 552 g/mol. The summed E-state index contributed by atoms with van der Waals surface area (Å²) in [6, 6.07) is 24.5. The minimum atomic E-state index is -0.286. The molecule has 1 fully saturated rings. The summed E-state index contributed by atoms with van der Waals surface area (Å²) in [6.07, 6.45) is 0.459. The molecule has 0 radical (unpaired) electrons. The standard InChI is InChI=1S/C34H40N4O3/c1-23-16-31(25(3)37(23)20-27-12-8-6-9-13-27)33(39)35-19-29-18-30(22-36(29)5)41-34(40)32-17-24(2)38(26(32)4)21-28-14-10-7-11-15-28/h6-17,29-30H,18-22H2,1-5H3,(H,35,39)/t29-,30+/m0/s1. The molecule has 41 heavy (non-hydrogen) atoms. The fourth-order valence-corrected chi connectivity index (χ4v) is 5.93. The van der Waals surface area contributed by atoms with Crippen LogP contribution in [0.2, 0.25) is 0 Å². The minimum absolute atomic E-state index is 0.0721. The molecule has 7 heteroatoms. The summed E-state index contributed by atoms with van der Waals surface area (Å²) in [5.74, 6) is -0.358. The third kappa shape index (κ3) is 6.30. The maximum Gasteiger partial charge on any atom is 0.340 e. The van der Waals surface area contributed by atoms with E-state index < -0.39 is 0 Å². The van der Waals surface area contributed by atoms with Crippen molar-refractivity contribution < 1.29 is 14.3 Å². The summed E-state index contributed by atoms with van der Waals surface area (Å²) in [6.45, 7) is 10.6. The average molecular weight is 553 g/mol. The number of nitrogens with zero attached hydrogens (tertiary/aromatic N) is 3. The molecule has 214 valence electrons. The highest BCUT2D eigenvalue weighted by Crippen LogP contribution is 2.23. The fraction of sp³-hybridized carbons (Fsp3) is 0.353. The van der Waals surface area contributed by atoms with Gasteiger partial charge in [0.2, 0.25) is 0 Å². The maximum absolute atomic E-state index is 13.2. The first kappa shape index (κ1) is 28.4. The van der Waals surface area contributed by atoms with Crippen molar-refractivity contribution in [1.82, 2.24) is 19.4 Å². The first-order chi connectivity index (χ1) is 19.7. The number of likely N-dealkylation sites (N-methyl/N-ethyl adjacent to an activating group) is 1. The molecule has 0 saturated carbocycles. The van der Waals surface area contributed by atoms with E-state index in [9.17, 15) is 9.59 Å². The van der Waals surface area contributed by atoms with Crippen molar-refractivity contribution in [3.63, 3.8) is 0 Å².